The number of rotatable bonds is 3. The van der Waals surface area contributed by atoms with Gasteiger partial charge in [-0.05, 0) is 25.5 Å². The van der Waals surface area contributed by atoms with Gasteiger partial charge in [-0.1, -0.05) is 36.4 Å². The zero-order valence-electron chi connectivity index (χ0n) is 15.0. The predicted octanol–water partition coefficient (Wildman–Crippen LogP) is 2.66. The number of hydrogen-bond acceptors (Lipinski definition) is 4. The van der Waals surface area contributed by atoms with Crippen molar-refractivity contribution in [1.82, 2.24) is 24.6 Å². The molecule has 0 spiro atoms. The zero-order valence-corrected chi connectivity index (χ0v) is 15.0. The first-order valence-corrected chi connectivity index (χ1v) is 8.75. The van der Waals surface area contributed by atoms with E-state index in [0.29, 0.717) is 19.6 Å². The van der Waals surface area contributed by atoms with Gasteiger partial charge in [0.25, 0.3) is 0 Å². The third-order valence-corrected chi connectivity index (χ3v) is 4.99. The lowest BCUT2D eigenvalue weighted by molar-refractivity contribution is -0.137. The molecule has 4 rings (SSSR count). The van der Waals surface area contributed by atoms with Gasteiger partial charge in [0.1, 0.15) is 0 Å². The number of pyridine rings is 1. The van der Waals surface area contributed by atoms with Crippen LogP contribution < -0.4 is 0 Å². The number of benzene rings is 1. The van der Waals surface area contributed by atoms with Crippen LogP contribution in [-0.2, 0) is 23.3 Å². The molecular weight excluding hydrogens is 326 g/mol. The summed E-state index contributed by atoms with van der Waals surface area (Å²) >= 11 is 0. The van der Waals surface area contributed by atoms with Crippen LogP contribution in [0.3, 0.4) is 0 Å². The summed E-state index contributed by atoms with van der Waals surface area (Å²) in [7, 11) is 0. The quantitative estimate of drug-likeness (QED) is 0.731. The maximum Gasteiger partial charge on any atom is 0.233 e. The molecule has 0 radical (unpaired) electrons. The van der Waals surface area contributed by atoms with E-state index in [2.05, 4.69) is 19.7 Å². The molecule has 3 aromatic rings. The van der Waals surface area contributed by atoms with Gasteiger partial charge in [0.2, 0.25) is 5.91 Å². The van der Waals surface area contributed by atoms with Gasteiger partial charge < -0.3 is 9.47 Å². The summed E-state index contributed by atoms with van der Waals surface area (Å²) in [5.74, 6) is 1.77. The molecule has 0 saturated carbocycles. The maximum absolute atomic E-state index is 13.1. The van der Waals surface area contributed by atoms with Crippen LogP contribution in [0.1, 0.15) is 25.2 Å². The molecule has 0 aliphatic carbocycles. The Bertz CT molecular complexity index is 918. The molecule has 0 N–H and O–H groups in total. The highest BCUT2D eigenvalue weighted by Crippen LogP contribution is 2.28. The fraction of sp³-hybridized carbons (Fsp3) is 0.300. The van der Waals surface area contributed by atoms with Gasteiger partial charge >= 0.3 is 0 Å². The second-order valence-corrected chi connectivity index (χ2v) is 7.05. The van der Waals surface area contributed by atoms with Crippen LogP contribution in [0.5, 0.6) is 0 Å². The minimum absolute atomic E-state index is 0.0843. The van der Waals surface area contributed by atoms with Crippen molar-refractivity contribution in [1.29, 1.82) is 0 Å². The first-order chi connectivity index (χ1) is 12.6. The molecule has 26 heavy (non-hydrogen) atoms. The maximum atomic E-state index is 13.1. The Morgan fingerprint density at radius 2 is 1.85 bits per heavy atom. The van der Waals surface area contributed by atoms with Crippen LogP contribution in [-0.4, -0.2) is 37.1 Å². The van der Waals surface area contributed by atoms with E-state index in [-0.39, 0.29) is 5.91 Å². The number of nitrogens with zero attached hydrogens (tertiary/aromatic N) is 5. The van der Waals surface area contributed by atoms with Crippen molar-refractivity contribution in [3.63, 3.8) is 0 Å². The van der Waals surface area contributed by atoms with Crippen molar-refractivity contribution < 1.29 is 4.79 Å². The van der Waals surface area contributed by atoms with E-state index >= 15 is 0 Å². The summed E-state index contributed by atoms with van der Waals surface area (Å²) in [4.78, 5) is 19.2. The lowest BCUT2D eigenvalue weighted by Crippen LogP contribution is -2.46. The van der Waals surface area contributed by atoms with Gasteiger partial charge in [-0.15, -0.1) is 10.2 Å². The highest BCUT2D eigenvalue weighted by atomic mass is 16.2. The smallest absolute Gasteiger partial charge is 0.233 e. The second kappa shape index (κ2) is 6.37. The fourth-order valence-electron chi connectivity index (χ4n) is 3.38. The minimum Gasteiger partial charge on any atom is -0.333 e. The Kier molecular flexibility index (Phi) is 4.03. The molecule has 1 aliphatic heterocycles. The second-order valence-electron chi connectivity index (χ2n) is 7.05. The van der Waals surface area contributed by atoms with Gasteiger partial charge in [-0.25, -0.2) is 0 Å². The Labute approximate surface area is 152 Å². The molecular formula is C20H21N5O. The topological polar surface area (TPSA) is 63.9 Å². The number of carbonyl (C=O) groups excluding carboxylic acids is 1. The number of fused-ring (bicyclic) bond motifs is 1. The van der Waals surface area contributed by atoms with Crippen LogP contribution in [0.4, 0.5) is 0 Å². The summed E-state index contributed by atoms with van der Waals surface area (Å²) in [6, 6.07) is 13.8. The standard InChI is InChI=1S/C20H21N5O/c1-20(2,16-9-6-10-21-13-16)19(26)24-11-12-25-17(14-24)22-23-18(25)15-7-4-3-5-8-15/h3-10,13H,11-12,14H2,1-2H3. The molecule has 6 heteroatoms. The van der Waals surface area contributed by atoms with E-state index in [4.69, 9.17) is 0 Å². The molecule has 6 nitrogen and oxygen atoms in total. The van der Waals surface area contributed by atoms with Crippen molar-refractivity contribution in [2.24, 2.45) is 0 Å². The molecule has 0 fully saturated rings. The molecule has 0 bridgehead atoms. The largest absolute Gasteiger partial charge is 0.333 e. The summed E-state index contributed by atoms with van der Waals surface area (Å²) in [6.07, 6.45) is 3.48. The Balaban J connectivity index is 1.58. The van der Waals surface area contributed by atoms with Crippen LogP contribution in [0.25, 0.3) is 11.4 Å². The molecule has 2 aromatic heterocycles. The SMILES string of the molecule is CC(C)(C(=O)N1CCn2c(nnc2-c2ccccc2)C1)c1cccnc1. The van der Waals surface area contributed by atoms with Crippen molar-refractivity contribution in [3.8, 4) is 11.4 Å². The minimum atomic E-state index is -0.626. The van der Waals surface area contributed by atoms with Crippen molar-refractivity contribution >= 4 is 5.91 Å². The molecule has 132 valence electrons. The lowest BCUT2D eigenvalue weighted by atomic mass is 9.84. The monoisotopic (exact) mass is 347 g/mol. The highest BCUT2D eigenvalue weighted by molar-refractivity contribution is 5.87. The summed E-state index contributed by atoms with van der Waals surface area (Å²) in [6.45, 7) is 5.71. The van der Waals surface area contributed by atoms with Gasteiger partial charge in [-0.3, -0.25) is 9.78 Å². The average molecular weight is 347 g/mol. The number of carbonyl (C=O) groups is 1. The van der Waals surface area contributed by atoms with E-state index < -0.39 is 5.41 Å². The highest BCUT2D eigenvalue weighted by Gasteiger charge is 2.36. The fourth-order valence-corrected chi connectivity index (χ4v) is 3.38. The van der Waals surface area contributed by atoms with E-state index in [1.807, 2.05) is 61.2 Å². The summed E-state index contributed by atoms with van der Waals surface area (Å²) < 4.78 is 2.11. The van der Waals surface area contributed by atoms with Crippen LogP contribution in [0.15, 0.2) is 54.9 Å². The average Bonchev–Trinajstić information content (AvgIpc) is 3.12. The Morgan fingerprint density at radius 3 is 2.58 bits per heavy atom. The number of aromatic nitrogens is 4. The molecule has 3 heterocycles. The van der Waals surface area contributed by atoms with Gasteiger partial charge in [0, 0.05) is 31.0 Å². The third-order valence-electron chi connectivity index (χ3n) is 4.99. The van der Waals surface area contributed by atoms with Crippen LogP contribution in [0.2, 0.25) is 0 Å². The van der Waals surface area contributed by atoms with Gasteiger partial charge in [0.05, 0.1) is 12.0 Å². The van der Waals surface area contributed by atoms with E-state index in [1.165, 1.54) is 0 Å². The van der Waals surface area contributed by atoms with E-state index in [9.17, 15) is 4.79 Å². The van der Waals surface area contributed by atoms with Gasteiger partial charge in [0.15, 0.2) is 11.6 Å². The molecule has 1 aliphatic rings. The zero-order chi connectivity index (χ0) is 18.1. The van der Waals surface area contributed by atoms with E-state index in [0.717, 1.165) is 22.8 Å². The summed E-state index contributed by atoms with van der Waals surface area (Å²) in [5.41, 5.74) is 1.34. The number of amides is 1. The Morgan fingerprint density at radius 1 is 1.04 bits per heavy atom. The third kappa shape index (κ3) is 2.77. The van der Waals surface area contributed by atoms with Crippen molar-refractivity contribution in [3.05, 3.63) is 66.2 Å². The Hall–Kier alpha value is -3.02. The van der Waals surface area contributed by atoms with Crippen LogP contribution >= 0.6 is 0 Å². The lowest BCUT2D eigenvalue weighted by Gasteiger charge is -2.34. The predicted molar refractivity (Wildman–Crippen MR) is 98.1 cm³/mol. The van der Waals surface area contributed by atoms with Crippen molar-refractivity contribution in [2.75, 3.05) is 6.54 Å². The first kappa shape index (κ1) is 16.4. The number of hydrogen-bond donors (Lipinski definition) is 0. The summed E-state index contributed by atoms with van der Waals surface area (Å²) in [5, 5.41) is 8.67. The van der Waals surface area contributed by atoms with Crippen LogP contribution in [0, 0.1) is 0 Å². The molecule has 0 unspecified atom stereocenters. The molecule has 1 aromatic carbocycles. The van der Waals surface area contributed by atoms with E-state index in [1.54, 1.807) is 12.4 Å². The molecule has 0 saturated heterocycles. The first-order valence-electron chi connectivity index (χ1n) is 8.75. The van der Waals surface area contributed by atoms with Crippen molar-refractivity contribution in [2.45, 2.75) is 32.4 Å². The molecule has 0 atom stereocenters. The van der Waals surface area contributed by atoms with Gasteiger partial charge in [-0.2, -0.15) is 0 Å². The normalized spacial score (nSPS) is 14.2. The molecule has 1 amide bonds.